The predicted molar refractivity (Wildman–Crippen MR) is 222 cm³/mol. The molecule has 0 saturated heterocycles. The van der Waals surface area contributed by atoms with Gasteiger partial charge in [-0.3, -0.25) is 0 Å². The quantitative estimate of drug-likeness (QED) is 0.127. The molecule has 0 aliphatic carbocycles. The minimum Gasteiger partial charge on any atom is -0.669 e. The van der Waals surface area contributed by atoms with E-state index in [4.69, 9.17) is 22.3 Å². The van der Waals surface area contributed by atoms with E-state index in [0.717, 1.165) is 32.7 Å². The Morgan fingerprint density at radius 3 is 1.22 bits per heavy atom. The van der Waals surface area contributed by atoms with Gasteiger partial charge in [-0.05, 0) is 59.3 Å². The number of aromatic nitrogens is 4. The van der Waals surface area contributed by atoms with Crippen molar-refractivity contribution in [3.8, 4) is 46.5 Å². The zero-order valence-corrected chi connectivity index (χ0v) is 37.5. The van der Waals surface area contributed by atoms with Crippen LogP contribution in [-0.4, -0.2) is 19.1 Å². The molecule has 8 aromatic rings. The van der Waals surface area contributed by atoms with Crippen molar-refractivity contribution in [1.29, 1.82) is 0 Å². The van der Waals surface area contributed by atoms with Crippen molar-refractivity contribution in [2.75, 3.05) is 0 Å². The third-order valence-electron chi connectivity index (χ3n) is 8.69. The normalized spacial score (nSPS) is 10.6. The standard InChI is InChI=1S/C38H32N2O2.2C6H4N.2Pt/c1-37(2,3)31-17-15-27(23-33(31)41-35-29-13-9-7-11-25(29)19-21-39-35)28-16-18-32(38(4,5)6)34(24-28)42-36-30-14-10-8-12-26(30)20-22-40-36;2*1-2-7-5-3-4-6-7;;/h7-14,17-22H,1-6H3;2*3-6H;;/q-4;2*-1;;. The van der Waals surface area contributed by atoms with Gasteiger partial charge >= 0.3 is 0 Å². The fourth-order valence-electron chi connectivity index (χ4n) is 5.76. The Labute approximate surface area is 371 Å². The molecule has 4 aromatic carbocycles. The number of benzene rings is 4. The van der Waals surface area contributed by atoms with E-state index in [1.165, 1.54) is 0 Å². The van der Waals surface area contributed by atoms with Crippen LogP contribution < -0.4 is 9.47 Å². The van der Waals surface area contributed by atoms with Crippen LogP contribution in [0.2, 0.25) is 0 Å². The minimum absolute atomic E-state index is 0. The number of fused-ring (bicyclic) bond motifs is 2. The van der Waals surface area contributed by atoms with E-state index in [1.807, 2.05) is 84.9 Å². The van der Waals surface area contributed by atoms with Crippen molar-refractivity contribution in [2.24, 2.45) is 0 Å². The Kier molecular flexibility index (Phi) is 15.7. The van der Waals surface area contributed by atoms with Gasteiger partial charge in [0.15, 0.2) is 0 Å². The Morgan fingerprint density at radius 2 is 0.897 bits per heavy atom. The molecule has 0 amide bonds. The van der Waals surface area contributed by atoms with Gasteiger partial charge in [-0.1, -0.05) is 100 Å². The van der Waals surface area contributed by atoms with Crippen molar-refractivity contribution in [3.63, 3.8) is 0 Å². The first-order valence-electron chi connectivity index (χ1n) is 18.1. The number of rotatable bonds is 5. The predicted octanol–water partition coefficient (Wildman–Crippen LogP) is 11.6. The number of hydrogen-bond acceptors (Lipinski definition) is 4. The Morgan fingerprint density at radius 1 is 0.534 bits per heavy atom. The topological polar surface area (TPSA) is 54.1 Å². The van der Waals surface area contributed by atoms with Crippen LogP contribution in [-0.2, 0) is 53.0 Å². The summed E-state index contributed by atoms with van der Waals surface area (Å²) in [5.41, 5.74) is 2.89. The molecule has 0 aliphatic heterocycles. The van der Waals surface area contributed by atoms with E-state index < -0.39 is 0 Å². The second kappa shape index (κ2) is 20.2. The number of pyridine rings is 2. The molecule has 0 N–H and O–H groups in total. The molecular formula is C50H40N4O2Pt2-6. The van der Waals surface area contributed by atoms with Crippen LogP contribution in [0.25, 0.3) is 32.7 Å². The summed E-state index contributed by atoms with van der Waals surface area (Å²) in [6.07, 6.45) is 23.7. The molecular weight excluding hydrogens is 1080 g/mol. The van der Waals surface area contributed by atoms with Gasteiger partial charge in [-0.25, -0.2) is 34.2 Å². The summed E-state index contributed by atoms with van der Waals surface area (Å²) in [6, 6.07) is 49.6. The fraction of sp³-hybridized carbons (Fsp3) is 0.160. The van der Waals surface area contributed by atoms with Gasteiger partial charge < -0.3 is 66.8 Å². The van der Waals surface area contributed by atoms with E-state index in [2.05, 4.69) is 100.0 Å². The maximum atomic E-state index is 6.57. The molecule has 0 unspecified atom stereocenters. The molecule has 298 valence electrons. The van der Waals surface area contributed by atoms with Gasteiger partial charge in [-0.15, -0.1) is 0 Å². The average Bonchev–Trinajstić information content (AvgIpc) is 3.94. The molecule has 0 fully saturated rings. The SMILES string of the molecule is CC(C)(C)c1c[c-]c(-c2[c-]cc(C(C)(C)C)c(Oc3nccc4ccccc34)[c-]2)[c-]c1Oc1nccc2ccccc12.[C-]#Cn1cccc1.[C-]#Cn1cccc1.[Pt].[Pt]. The van der Waals surface area contributed by atoms with E-state index in [9.17, 15) is 0 Å². The molecule has 0 radical (unpaired) electrons. The molecule has 0 spiro atoms. The average molecular weight is 1120 g/mol. The van der Waals surface area contributed by atoms with Crippen LogP contribution in [0.3, 0.4) is 0 Å². The van der Waals surface area contributed by atoms with Crippen molar-refractivity contribution in [1.82, 2.24) is 19.1 Å². The summed E-state index contributed by atoms with van der Waals surface area (Å²) in [5, 5.41) is 4.00. The summed E-state index contributed by atoms with van der Waals surface area (Å²) in [7, 11) is 0. The zero-order chi connectivity index (χ0) is 39.7. The molecule has 6 nitrogen and oxygen atoms in total. The maximum absolute atomic E-state index is 6.57. The first-order valence-corrected chi connectivity index (χ1v) is 18.1. The van der Waals surface area contributed by atoms with E-state index in [0.29, 0.717) is 34.4 Å². The van der Waals surface area contributed by atoms with Gasteiger partial charge in [0.25, 0.3) is 0 Å². The van der Waals surface area contributed by atoms with Crippen LogP contribution in [0.15, 0.2) is 134 Å². The molecule has 0 bridgehead atoms. The maximum Gasteiger partial charge on any atom is 0.223 e. The number of nitrogens with zero attached hydrogens (tertiary/aromatic N) is 4. The first-order chi connectivity index (χ1) is 26.9. The largest absolute Gasteiger partial charge is 0.669 e. The van der Waals surface area contributed by atoms with Gasteiger partial charge in [0, 0.05) is 90.1 Å². The van der Waals surface area contributed by atoms with Gasteiger partial charge in [-0.2, -0.15) is 11.1 Å². The fourth-order valence-corrected chi connectivity index (χ4v) is 5.76. The monoisotopic (exact) mass is 1120 g/mol. The van der Waals surface area contributed by atoms with E-state index >= 15 is 0 Å². The summed E-state index contributed by atoms with van der Waals surface area (Å²) >= 11 is 0. The molecule has 0 atom stereocenters. The smallest absolute Gasteiger partial charge is 0.223 e. The van der Waals surface area contributed by atoms with Gasteiger partial charge in [0.1, 0.15) is 0 Å². The Hall–Kier alpha value is -5.64. The van der Waals surface area contributed by atoms with Crippen molar-refractivity contribution < 1.29 is 51.6 Å². The summed E-state index contributed by atoms with van der Waals surface area (Å²) < 4.78 is 16.1. The second-order valence-electron chi connectivity index (χ2n) is 14.8. The molecule has 4 aromatic heterocycles. The van der Waals surface area contributed by atoms with Crippen LogP contribution in [0.1, 0.15) is 52.7 Å². The third-order valence-corrected chi connectivity index (χ3v) is 8.69. The van der Waals surface area contributed by atoms with Crippen molar-refractivity contribution >= 4 is 21.5 Å². The van der Waals surface area contributed by atoms with Crippen LogP contribution >= 0.6 is 0 Å². The van der Waals surface area contributed by atoms with E-state index in [-0.39, 0.29) is 53.0 Å². The summed E-state index contributed by atoms with van der Waals surface area (Å²) in [6.45, 7) is 12.9. The van der Waals surface area contributed by atoms with Crippen molar-refractivity contribution in [3.05, 3.63) is 182 Å². The zero-order valence-electron chi connectivity index (χ0n) is 32.9. The molecule has 0 saturated carbocycles. The summed E-state index contributed by atoms with van der Waals surface area (Å²) in [4.78, 5) is 9.11. The molecule has 0 aliphatic rings. The molecule has 58 heavy (non-hydrogen) atoms. The van der Waals surface area contributed by atoms with Crippen LogP contribution in [0.4, 0.5) is 0 Å². The van der Waals surface area contributed by atoms with Crippen molar-refractivity contribution in [2.45, 2.75) is 52.4 Å². The van der Waals surface area contributed by atoms with Crippen LogP contribution in [0, 0.1) is 49.2 Å². The minimum atomic E-state index is -0.205. The van der Waals surface area contributed by atoms with Gasteiger partial charge in [0.2, 0.25) is 11.8 Å². The molecule has 8 rings (SSSR count). The first kappa shape index (κ1) is 45.1. The summed E-state index contributed by atoms with van der Waals surface area (Å²) in [5.74, 6) is 2.27. The molecule has 4 heterocycles. The van der Waals surface area contributed by atoms with Gasteiger partial charge in [0.05, 0.1) is 0 Å². The number of hydrogen-bond donors (Lipinski definition) is 0. The van der Waals surface area contributed by atoms with E-state index in [1.54, 1.807) is 46.3 Å². The third kappa shape index (κ3) is 11.3. The second-order valence-corrected chi connectivity index (χ2v) is 14.8. The number of ether oxygens (including phenoxy) is 2. The molecule has 8 heteroatoms. The Bertz CT molecular complexity index is 2450. The Balaban J connectivity index is 0.000000392. The van der Waals surface area contributed by atoms with Crippen LogP contribution in [0.5, 0.6) is 23.3 Å².